The summed E-state index contributed by atoms with van der Waals surface area (Å²) in [4.78, 5) is 21.9. The Labute approximate surface area is 77.6 Å². The van der Waals surface area contributed by atoms with Crippen molar-refractivity contribution < 1.29 is 9.59 Å². The number of amides is 3. The van der Waals surface area contributed by atoms with E-state index in [0.717, 1.165) is 25.7 Å². The van der Waals surface area contributed by atoms with Crippen molar-refractivity contribution in [2.45, 2.75) is 6.92 Å². The molecule has 5 heteroatoms. The Balaban J connectivity index is 0.000000252. The van der Waals surface area contributed by atoms with Crippen LogP contribution in [0.2, 0.25) is 0 Å². The zero-order valence-corrected chi connectivity index (χ0v) is 7.75. The molecule has 0 spiro atoms. The number of primary amides is 1. The number of rotatable bonds is 2. The number of carbonyl (C=O) groups excluding carboxylic acids is 2. The summed E-state index contributed by atoms with van der Waals surface area (Å²) in [6, 6.07) is 0.0764. The Bertz CT molecular complexity index is 204. The highest BCUT2D eigenvalue weighted by Gasteiger charge is 2.15. The van der Waals surface area contributed by atoms with E-state index in [2.05, 4.69) is 17.6 Å². The predicted molar refractivity (Wildman–Crippen MR) is 50.0 cm³/mol. The van der Waals surface area contributed by atoms with E-state index in [-0.39, 0.29) is 6.03 Å². The molecule has 13 heavy (non-hydrogen) atoms. The maximum Gasteiger partial charge on any atom is 0.317 e. The van der Waals surface area contributed by atoms with E-state index in [4.69, 9.17) is 0 Å². The van der Waals surface area contributed by atoms with Crippen molar-refractivity contribution in [2.75, 3.05) is 19.6 Å². The van der Waals surface area contributed by atoms with Crippen LogP contribution in [0.5, 0.6) is 0 Å². The summed E-state index contributed by atoms with van der Waals surface area (Å²) in [5.74, 6) is -0.481. The SMILES string of the molecule is C=CC(N)=O.CCN1CCNC1=O. The fourth-order valence-corrected chi connectivity index (χ4v) is 0.813. The van der Waals surface area contributed by atoms with Crippen LogP contribution in [-0.2, 0) is 4.79 Å². The fourth-order valence-electron chi connectivity index (χ4n) is 0.813. The molecule has 3 amide bonds. The maximum atomic E-state index is 10.6. The molecule has 0 bridgehead atoms. The quantitative estimate of drug-likeness (QED) is 0.579. The molecule has 0 radical (unpaired) electrons. The molecule has 1 aliphatic rings. The zero-order chi connectivity index (χ0) is 10.3. The number of nitrogens with two attached hydrogens (primary N) is 1. The molecule has 3 N–H and O–H groups in total. The summed E-state index contributed by atoms with van der Waals surface area (Å²) < 4.78 is 0. The summed E-state index contributed by atoms with van der Waals surface area (Å²) in [5, 5.41) is 2.71. The summed E-state index contributed by atoms with van der Waals surface area (Å²) in [6.45, 7) is 7.57. The van der Waals surface area contributed by atoms with Gasteiger partial charge in [-0.1, -0.05) is 6.58 Å². The van der Waals surface area contributed by atoms with Crippen LogP contribution >= 0.6 is 0 Å². The number of hydrogen-bond donors (Lipinski definition) is 2. The Kier molecular flexibility index (Phi) is 5.34. The minimum absolute atomic E-state index is 0.0764. The second-order valence-corrected chi connectivity index (χ2v) is 2.42. The number of likely N-dealkylation sites (N-methyl/N-ethyl adjacent to an activating group) is 1. The van der Waals surface area contributed by atoms with Crippen LogP contribution in [0, 0.1) is 0 Å². The molecule has 0 atom stereocenters. The van der Waals surface area contributed by atoms with Gasteiger partial charge in [0, 0.05) is 19.6 Å². The molecular formula is C8H15N3O2. The molecule has 1 saturated heterocycles. The van der Waals surface area contributed by atoms with E-state index in [1.54, 1.807) is 4.90 Å². The van der Waals surface area contributed by atoms with Crippen LogP contribution < -0.4 is 11.1 Å². The molecule has 1 fully saturated rings. The van der Waals surface area contributed by atoms with Gasteiger partial charge in [0.05, 0.1) is 0 Å². The molecule has 0 aliphatic carbocycles. The topological polar surface area (TPSA) is 75.4 Å². The number of nitrogens with zero attached hydrogens (tertiary/aromatic N) is 1. The first-order valence-electron chi connectivity index (χ1n) is 4.06. The van der Waals surface area contributed by atoms with Gasteiger partial charge in [0.1, 0.15) is 0 Å². The Morgan fingerprint density at radius 1 is 1.85 bits per heavy atom. The third-order valence-corrected chi connectivity index (χ3v) is 1.53. The molecule has 5 nitrogen and oxygen atoms in total. The molecule has 1 aliphatic heterocycles. The van der Waals surface area contributed by atoms with Crippen molar-refractivity contribution in [1.29, 1.82) is 0 Å². The van der Waals surface area contributed by atoms with Crippen molar-refractivity contribution in [2.24, 2.45) is 5.73 Å². The highest BCUT2D eigenvalue weighted by atomic mass is 16.2. The van der Waals surface area contributed by atoms with E-state index >= 15 is 0 Å². The smallest absolute Gasteiger partial charge is 0.317 e. The molecule has 0 aromatic rings. The third-order valence-electron chi connectivity index (χ3n) is 1.53. The Hall–Kier alpha value is -1.52. The highest BCUT2D eigenvalue weighted by Crippen LogP contribution is 1.93. The average Bonchev–Trinajstić information content (AvgIpc) is 2.52. The molecule has 1 rings (SSSR count). The van der Waals surface area contributed by atoms with Crippen LogP contribution in [0.15, 0.2) is 12.7 Å². The molecular weight excluding hydrogens is 170 g/mol. The lowest BCUT2D eigenvalue weighted by Crippen LogP contribution is -2.27. The van der Waals surface area contributed by atoms with Crippen molar-refractivity contribution in [3.8, 4) is 0 Å². The number of nitrogens with one attached hydrogen (secondary N) is 1. The summed E-state index contributed by atoms with van der Waals surface area (Å²) in [5.41, 5.74) is 4.53. The first-order chi connectivity index (χ1) is 6.11. The van der Waals surface area contributed by atoms with E-state index < -0.39 is 5.91 Å². The normalized spacial score (nSPS) is 14.2. The molecule has 1 heterocycles. The van der Waals surface area contributed by atoms with Gasteiger partial charge >= 0.3 is 6.03 Å². The van der Waals surface area contributed by atoms with Gasteiger partial charge in [0.15, 0.2) is 0 Å². The maximum absolute atomic E-state index is 10.6. The first-order valence-corrected chi connectivity index (χ1v) is 4.06. The predicted octanol–water partition coefficient (Wildman–Crippen LogP) is -0.311. The van der Waals surface area contributed by atoms with Gasteiger partial charge in [-0.2, -0.15) is 0 Å². The van der Waals surface area contributed by atoms with E-state index in [1.165, 1.54) is 0 Å². The van der Waals surface area contributed by atoms with E-state index in [9.17, 15) is 9.59 Å². The van der Waals surface area contributed by atoms with Gasteiger partial charge in [-0.05, 0) is 13.0 Å². The van der Waals surface area contributed by atoms with Gasteiger partial charge in [0.2, 0.25) is 5.91 Å². The van der Waals surface area contributed by atoms with Crippen molar-refractivity contribution >= 4 is 11.9 Å². The van der Waals surface area contributed by atoms with Crippen LogP contribution in [0.25, 0.3) is 0 Å². The minimum Gasteiger partial charge on any atom is -0.366 e. The molecule has 0 aromatic heterocycles. The number of urea groups is 1. The lowest BCUT2D eigenvalue weighted by Gasteiger charge is -2.08. The van der Waals surface area contributed by atoms with Crippen LogP contribution in [0.1, 0.15) is 6.92 Å². The minimum atomic E-state index is -0.481. The van der Waals surface area contributed by atoms with E-state index in [0.29, 0.717) is 0 Å². The van der Waals surface area contributed by atoms with Gasteiger partial charge in [0.25, 0.3) is 0 Å². The number of carbonyl (C=O) groups is 2. The van der Waals surface area contributed by atoms with Gasteiger partial charge in [-0.25, -0.2) is 4.79 Å². The number of hydrogen-bond acceptors (Lipinski definition) is 2. The summed E-state index contributed by atoms with van der Waals surface area (Å²) >= 11 is 0. The van der Waals surface area contributed by atoms with Crippen LogP contribution in [0.3, 0.4) is 0 Å². The van der Waals surface area contributed by atoms with Crippen molar-refractivity contribution in [3.63, 3.8) is 0 Å². The Morgan fingerprint density at radius 2 is 2.38 bits per heavy atom. The van der Waals surface area contributed by atoms with Crippen molar-refractivity contribution in [1.82, 2.24) is 10.2 Å². The second-order valence-electron chi connectivity index (χ2n) is 2.42. The summed E-state index contributed by atoms with van der Waals surface area (Å²) in [7, 11) is 0. The largest absolute Gasteiger partial charge is 0.366 e. The lowest BCUT2D eigenvalue weighted by molar-refractivity contribution is -0.113. The average molecular weight is 185 g/mol. The van der Waals surface area contributed by atoms with Crippen LogP contribution in [-0.4, -0.2) is 36.5 Å². The third kappa shape index (κ3) is 4.84. The summed E-state index contributed by atoms with van der Waals surface area (Å²) in [6.07, 6.45) is 1.06. The molecule has 0 saturated carbocycles. The van der Waals surface area contributed by atoms with E-state index in [1.807, 2.05) is 6.92 Å². The monoisotopic (exact) mass is 185 g/mol. The van der Waals surface area contributed by atoms with Gasteiger partial charge < -0.3 is 16.0 Å². The first kappa shape index (κ1) is 11.5. The Morgan fingerprint density at radius 3 is 2.54 bits per heavy atom. The lowest BCUT2D eigenvalue weighted by atomic mass is 10.6. The second kappa shape index (κ2) is 6.05. The van der Waals surface area contributed by atoms with Crippen LogP contribution in [0.4, 0.5) is 4.79 Å². The molecule has 0 aromatic carbocycles. The zero-order valence-electron chi connectivity index (χ0n) is 7.75. The van der Waals surface area contributed by atoms with Crippen molar-refractivity contribution in [3.05, 3.63) is 12.7 Å². The highest BCUT2D eigenvalue weighted by molar-refractivity contribution is 5.84. The molecule has 0 unspecified atom stereocenters. The fraction of sp³-hybridized carbons (Fsp3) is 0.500. The standard InChI is InChI=1S/C5H10N2O.C3H5NO/c1-2-7-4-3-6-5(7)8;1-2-3(4)5/h2-4H2,1H3,(H,6,8);2H,1H2,(H2,4,5). The van der Waals surface area contributed by atoms with Gasteiger partial charge in [-0.15, -0.1) is 0 Å². The van der Waals surface area contributed by atoms with Gasteiger partial charge in [-0.3, -0.25) is 4.79 Å². The molecule has 74 valence electrons.